The molecule has 150 valence electrons. The highest BCUT2D eigenvalue weighted by molar-refractivity contribution is 4.97. The number of hydrogen-bond acceptors (Lipinski definition) is 3. The molecular weight excluding hydrogens is 318 g/mol. The summed E-state index contributed by atoms with van der Waals surface area (Å²) in [6.45, 7) is 2.52. The van der Waals surface area contributed by atoms with Crippen LogP contribution in [0.5, 0.6) is 0 Å². The molecule has 0 aromatic rings. The lowest BCUT2D eigenvalue weighted by molar-refractivity contribution is 0.0128. The van der Waals surface area contributed by atoms with Gasteiger partial charge in [-0.15, -0.1) is 0 Å². The third kappa shape index (κ3) is 4.31. The standard InChI is InChI=1S/C23H43N3/c1-26(22-14-4-2-10-18(22)20-12-6-8-16-24-20)23-15-5-3-11-19(23)21-13-7-9-17-25-21/h18-25H,2-17H2,1H3. The molecule has 6 unspecified atom stereocenters. The van der Waals surface area contributed by atoms with E-state index in [1.165, 1.54) is 103 Å². The van der Waals surface area contributed by atoms with Gasteiger partial charge in [-0.25, -0.2) is 0 Å². The Kier molecular flexibility index (Phi) is 6.93. The monoisotopic (exact) mass is 361 g/mol. The quantitative estimate of drug-likeness (QED) is 0.781. The molecule has 0 bridgehead atoms. The van der Waals surface area contributed by atoms with Gasteiger partial charge in [0.15, 0.2) is 0 Å². The average molecular weight is 362 g/mol. The molecule has 6 atom stereocenters. The van der Waals surface area contributed by atoms with E-state index in [0.29, 0.717) is 0 Å². The van der Waals surface area contributed by atoms with Gasteiger partial charge in [0.05, 0.1) is 0 Å². The van der Waals surface area contributed by atoms with Crippen molar-refractivity contribution in [3.63, 3.8) is 0 Å². The highest BCUT2D eigenvalue weighted by atomic mass is 15.2. The predicted octanol–water partition coefficient (Wildman–Crippen LogP) is 4.32. The first-order valence-corrected chi connectivity index (χ1v) is 12.0. The highest BCUT2D eigenvalue weighted by Gasteiger charge is 2.41. The second-order valence-electron chi connectivity index (χ2n) is 9.81. The maximum atomic E-state index is 3.91. The fourth-order valence-electron chi connectivity index (χ4n) is 6.96. The van der Waals surface area contributed by atoms with Crippen molar-refractivity contribution in [3.05, 3.63) is 0 Å². The van der Waals surface area contributed by atoms with Crippen LogP contribution in [0, 0.1) is 11.8 Å². The molecule has 3 heteroatoms. The van der Waals surface area contributed by atoms with E-state index in [1.54, 1.807) is 0 Å². The lowest BCUT2D eigenvalue weighted by atomic mass is 9.73. The van der Waals surface area contributed by atoms with Crippen molar-refractivity contribution in [2.45, 2.75) is 114 Å². The Bertz CT molecular complexity index is 376. The number of nitrogens with one attached hydrogen (secondary N) is 2. The van der Waals surface area contributed by atoms with E-state index in [1.807, 2.05) is 0 Å². The molecule has 2 saturated heterocycles. The molecule has 2 heterocycles. The zero-order chi connectivity index (χ0) is 17.8. The van der Waals surface area contributed by atoms with Crippen molar-refractivity contribution in [2.75, 3.05) is 20.1 Å². The summed E-state index contributed by atoms with van der Waals surface area (Å²) in [5.41, 5.74) is 0. The van der Waals surface area contributed by atoms with Crippen LogP contribution in [-0.2, 0) is 0 Å². The Morgan fingerprint density at radius 1 is 0.538 bits per heavy atom. The Morgan fingerprint density at radius 3 is 1.38 bits per heavy atom. The van der Waals surface area contributed by atoms with E-state index in [0.717, 1.165) is 36.0 Å². The third-order valence-corrected chi connectivity index (χ3v) is 8.34. The van der Waals surface area contributed by atoms with Crippen molar-refractivity contribution >= 4 is 0 Å². The van der Waals surface area contributed by atoms with Gasteiger partial charge in [0.25, 0.3) is 0 Å². The van der Waals surface area contributed by atoms with Gasteiger partial charge in [-0.2, -0.15) is 0 Å². The molecule has 0 spiro atoms. The number of rotatable bonds is 4. The second-order valence-corrected chi connectivity index (χ2v) is 9.81. The van der Waals surface area contributed by atoms with Crippen LogP contribution in [0.3, 0.4) is 0 Å². The zero-order valence-electron chi connectivity index (χ0n) is 17.2. The average Bonchev–Trinajstić information content (AvgIpc) is 2.74. The van der Waals surface area contributed by atoms with Crippen LogP contribution in [0.4, 0.5) is 0 Å². The normalized spacial score (nSPS) is 42.7. The van der Waals surface area contributed by atoms with Gasteiger partial charge in [-0.1, -0.05) is 38.5 Å². The summed E-state index contributed by atoms with van der Waals surface area (Å²) in [5.74, 6) is 1.80. The van der Waals surface area contributed by atoms with E-state index in [2.05, 4.69) is 22.6 Å². The van der Waals surface area contributed by atoms with Gasteiger partial charge in [-0.3, -0.25) is 4.90 Å². The van der Waals surface area contributed by atoms with Crippen LogP contribution in [-0.4, -0.2) is 49.2 Å². The molecule has 2 aliphatic carbocycles. The van der Waals surface area contributed by atoms with Gasteiger partial charge >= 0.3 is 0 Å². The fraction of sp³-hybridized carbons (Fsp3) is 1.00. The van der Waals surface area contributed by atoms with E-state index < -0.39 is 0 Å². The summed E-state index contributed by atoms with van der Waals surface area (Å²) in [5, 5.41) is 7.82. The van der Waals surface area contributed by atoms with Crippen LogP contribution in [0.2, 0.25) is 0 Å². The Morgan fingerprint density at radius 2 is 0.962 bits per heavy atom. The van der Waals surface area contributed by atoms with Crippen molar-refractivity contribution in [2.24, 2.45) is 11.8 Å². The number of piperidine rings is 2. The van der Waals surface area contributed by atoms with E-state index >= 15 is 0 Å². The van der Waals surface area contributed by atoms with Crippen LogP contribution >= 0.6 is 0 Å². The number of nitrogens with zero attached hydrogens (tertiary/aromatic N) is 1. The van der Waals surface area contributed by atoms with E-state index in [9.17, 15) is 0 Å². The predicted molar refractivity (Wildman–Crippen MR) is 111 cm³/mol. The zero-order valence-corrected chi connectivity index (χ0v) is 17.2. The third-order valence-electron chi connectivity index (χ3n) is 8.34. The van der Waals surface area contributed by atoms with Crippen molar-refractivity contribution in [1.82, 2.24) is 15.5 Å². The molecule has 2 N–H and O–H groups in total. The Balaban J connectivity index is 1.46. The van der Waals surface area contributed by atoms with Crippen molar-refractivity contribution in [1.29, 1.82) is 0 Å². The first kappa shape index (κ1) is 19.2. The SMILES string of the molecule is CN(C1CCCCC1C1CCCCN1)C1CCCCC1C1CCCCN1. The summed E-state index contributed by atoms with van der Waals surface area (Å²) in [6.07, 6.45) is 20.2. The molecule has 0 aromatic carbocycles. The minimum Gasteiger partial charge on any atom is -0.314 e. The molecule has 4 aliphatic rings. The molecule has 26 heavy (non-hydrogen) atoms. The van der Waals surface area contributed by atoms with Gasteiger partial charge in [-0.05, 0) is 83.3 Å². The molecule has 0 aromatic heterocycles. The van der Waals surface area contributed by atoms with Gasteiger partial charge in [0, 0.05) is 24.2 Å². The van der Waals surface area contributed by atoms with E-state index in [-0.39, 0.29) is 0 Å². The Hall–Kier alpha value is -0.120. The molecular formula is C23H43N3. The highest BCUT2D eigenvalue weighted by Crippen LogP contribution is 2.39. The van der Waals surface area contributed by atoms with Gasteiger partial charge in [0.2, 0.25) is 0 Å². The second kappa shape index (κ2) is 9.39. The summed E-state index contributed by atoms with van der Waals surface area (Å²) < 4.78 is 0. The molecule has 0 radical (unpaired) electrons. The van der Waals surface area contributed by atoms with Crippen LogP contribution in [0.25, 0.3) is 0 Å². The molecule has 4 rings (SSSR count). The summed E-state index contributed by atoms with van der Waals surface area (Å²) in [7, 11) is 2.51. The topological polar surface area (TPSA) is 27.3 Å². The minimum absolute atomic E-state index is 0.798. The number of hydrogen-bond donors (Lipinski definition) is 2. The van der Waals surface area contributed by atoms with Gasteiger partial charge < -0.3 is 10.6 Å². The molecule has 2 aliphatic heterocycles. The summed E-state index contributed by atoms with van der Waals surface area (Å²) in [4.78, 5) is 2.92. The molecule has 3 nitrogen and oxygen atoms in total. The molecule has 0 amide bonds. The lowest BCUT2D eigenvalue weighted by Gasteiger charge is -2.50. The maximum Gasteiger partial charge on any atom is 0.0138 e. The molecule has 4 fully saturated rings. The van der Waals surface area contributed by atoms with Gasteiger partial charge in [0.1, 0.15) is 0 Å². The van der Waals surface area contributed by atoms with Crippen LogP contribution in [0.15, 0.2) is 0 Å². The van der Waals surface area contributed by atoms with Crippen molar-refractivity contribution in [3.8, 4) is 0 Å². The van der Waals surface area contributed by atoms with E-state index in [4.69, 9.17) is 0 Å². The largest absolute Gasteiger partial charge is 0.314 e. The molecule has 2 saturated carbocycles. The first-order valence-electron chi connectivity index (χ1n) is 12.0. The smallest absolute Gasteiger partial charge is 0.0138 e. The summed E-state index contributed by atoms with van der Waals surface area (Å²) in [6, 6.07) is 3.25. The first-order chi connectivity index (χ1) is 12.8. The van der Waals surface area contributed by atoms with Crippen molar-refractivity contribution < 1.29 is 0 Å². The minimum atomic E-state index is 0.798. The maximum absolute atomic E-state index is 3.91. The van der Waals surface area contributed by atoms with Crippen LogP contribution in [0.1, 0.15) is 89.9 Å². The Labute approximate surface area is 162 Å². The van der Waals surface area contributed by atoms with Crippen LogP contribution < -0.4 is 10.6 Å². The fourth-order valence-corrected chi connectivity index (χ4v) is 6.96. The lowest BCUT2D eigenvalue weighted by Crippen LogP contribution is -2.57. The summed E-state index contributed by atoms with van der Waals surface area (Å²) >= 11 is 0.